The van der Waals surface area contributed by atoms with Crippen LogP contribution in [0, 0.1) is 0 Å². The fourth-order valence-electron chi connectivity index (χ4n) is 2.36. The van der Waals surface area contributed by atoms with Gasteiger partial charge in [0.05, 0.1) is 5.69 Å². The van der Waals surface area contributed by atoms with Gasteiger partial charge in [0, 0.05) is 18.2 Å². The van der Waals surface area contributed by atoms with Crippen molar-refractivity contribution < 1.29 is 0 Å². The molecule has 1 aliphatic rings. The molecule has 0 aliphatic heterocycles. The van der Waals surface area contributed by atoms with Crippen molar-refractivity contribution in [2.24, 2.45) is 0 Å². The van der Waals surface area contributed by atoms with Crippen LogP contribution in [-0.4, -0.2) is 24.0 Å². The summed E-state index contributed by atoms with van der Waals surface area (Å²) in [6, 6.07) is 6.47. The van der Waals surface area contributed by atoms with Crippen LogP contribution in [0.25, 0.3) is 0 Å². The van der Waals surface area contributed by atoms with Crippen molar-refractivity contribution in [2.45, 2.75) is 38.1 Å². The van der Waals surface area contributed by atoms with Crippen LogP contribution in [0.15, 0.2) is 18.2 Å². The van der Waals surface area contributed by atoms with Crippen LogP contribution in [-0.2, 0) is 6.54 Å². The van der Waals surface area contributed by atoms with Gasteiger partial charge < -0.3 is 4.90 Å². The molecule has 1 aromatic rings. The molecule has 2 heteroatoms. The summed E-state index contributed by atoms with van der Waals surface area (Å²) in [5, 5.41) is 0. The summed E-state index contributed by atoms with van der Waals surface area (Å²) >= 11 is 0. The Hall–Kier alpha value is -0.890. The maximum Gasteiger partial charge on any atom is 0.0547 e. The molecule has 1 aromatic heterocycles. The number of rotatable bonds is 3. The maximum atomic E-state index is 4.75. The Kier molecular flexibility index (Phi) is 3.37. The zero-order valence-corrected chi connectivity index (χ0v) is 9.74. The molecule has 1 heterocycles. The Morgan fingerprint density at radius 3 is 2.67 bits per heavy atom. The first-order chi connectivity index (χ1) is 7.25. The molecule has 0 unspecified atom stereocenters. The van der Waals surface area contributed by atoms with Gasteiger partial charge in [-0.1, -0.05) is 18.9 Å². The summed E-state index contributed by atoms with van der Waals surface area (Å²) in [6.07, 6.45) is 5.42. The fraction of sp³-hybridized carbons (Fsp3) is 0.615. The molecule has 2 rings (SSSR count). The van der Waals surface area contributed by atoms with Crippen LogP contribution in [0.2, 0.25) is 0 Å². The highest BCUT2D eigenvalue weighted by Crippen LogP contribution is 2.32. The van der Waals surface area contributed by atoms with Crippen molar-refractivity contribution in [3.8, 4) is 0 Å². The van der Waals surface area contributed by atoms with E-state index in [1.54, 1.807) is 0 Å². The molecule has 82 valence electrons. The molecule has 1 aliphatic carbocycles. The Balaban J connectivity index is 2.11. The smallest absolute Gasteiger partial charge is 0.0547 e. The predicted molar refractivity (Wildman–Crippen MR) is 62.8 cm³/mol. The molecule has 1 fully saturated rings. The summed E-state index contributed by atoms with van der Waals surface area (Å²) < 4.78 is 0. The number of pyridine rings is 1. The molecule has 0 atom stereocenters. The summed E-state index contributed by atoms with van der Waals surface area (Å²) in [7, 11) is 4.17. The van der Waals surface area contributed by atoms with Crippen LogP contribution in [0.5, 0.6) is 0 Å². The van der Waals surface area contributed by atoms with Gasteiger partial charge >= 0.3 is 0 Å². The van der Waals surface area contributed by atoms with E-state index in [2.05, 4.69) is 37.2 Å². The van der Waals surface area contributed by atoms with Gasteiger partial charge in [-0.05, 0) is 39.1 Å². The highest BCUT2D eigenvalue weighted by molar-refractivity contribution is 5.15. The Morgan fingerprint density at radius 2 is 2.00 bits per heavy atom. The second kappa shape index (κ2) is 4.75. The first kappa shape index (κ1) is 10.6. The topological polar surface area (TPSA) is 16.1 Å². The van der Waals surface area contributed by atoms with E-state index in [0.29, 0.717) is 0 Å². The molecular formula is C13H20N2. The van der Waals surface area contributed by atoms with E-state index in [4.69, 9.17) is 4.98 Å². The van der Waals surface area contributed by atoms with Crippen LogP contribution in [0.1, 0.15) is 43.0 Å². The van der Waals surface area contributed by atoms with Crippen LogP contribution in [0.4, 0.5) is 0 Å². The number of aromatic nitrogens is 1. The third-order valence-corrected chi connectivity index (χ3v) is 3.08. The molecule has 2 nitrogen and oxygen atoms in total. The molecule has 0 bridgehead atoms. The summed E-state index contributed by atoms with van der Waals surface area (Å²) in [4.78, 5) is 6.92. The SMILES string of the molecule is CN(C)Cc1cccc(C2CCCC2)n1. The Labute approximate surface area is 92.3 Å². The molecule has 0 saturated heterocycles. The van der Waals surface area contributed by atoms with Gasteiger partial charge in [-0.3, -0.25) is 4.98 Å². The molecule has 0 radical (unpaired) electrons. The standard InChI is InChI=1S/C13H20N2/c1-15(2)10-12-8-5-9-13(14-12)11-6-3-4-7-11/h5,8-9,11H,3-4,6-7,10H2,1-2H3. The van der Waals surface area contributed by atoms with E-state index in [-0.39, 0.29) is 0 Å². The minimum absolute atomic E-state index is 0.729. The lowest BCUT2D eigenvalue weighted by Crippen LogP contribution is -2.12. The van der Waals surface area contributed by atoms with Crippen molar-refractivity contribution in [1.82, 2.24) is 9.88 Å². The van der Waals surface area contributed by atoms with E-state index in [1.165, 1.54) is 37.1 Å². The lowest BCUT2D eigenvalue weighted by molar-refractivity contribution is 0.396. The number of hydrogen-bond acceptors (Lipinski definition) is 2. The Morgan fingerprint density at radius 1 is 1.27 bits per heavy atom. The van der Waals surface area contributed by atoms with Gasteiger partial charge in [-0.2, -0.15) is 0 Å². The molecule has 0 spiro atoms. The van der Waals surface area contributed by atoms with E-state index in [9.17, 15) is 0 Å². The summed E-state index contributed by atoms with van der Waals surface area (Å²) in [5.41, 5.74) is 2.51. The van der Waals surface area contributed by atoms with Gasteiger partial charge in [0.1, 0.15) is 0 Å². The van der Waals surface area contributed by atoms with Crippen molar-refractivity contribution >= 4 is 0 Å². The van der Waals surface area contributed by atoms with Crippen LogP contribution >= 0.6 is 0 Å². The van der Waals surface area contributed by atoms with E-state index < -0.39 is 0 Å². The quantitative estimate of drug-likeness (QED) is 0.752. The van der Waals surface area contributed by atoms with Gasteiger partial charge in [0.25, 0.3) is 0 Å². The second-order valence-electron chi connectivity index (χ2n) is 4.77. The number of hydrogen-bond donors (Lipinski definition) is 0. The zero-order chi connectivity index (χ0) is 10.7. The lowest BCUT2D eigenvalue weighted by atomic mass is 10.0. The highest BCUT2D eigenvalue weighted by Gasteiger charge is 2.18. The van der Waals surface area contributed by atoms with E-state index >= 15 is 0 Å². The first-order valence-electron chi connectivity index (χ1n) is 5.86. The van der Waals surface area contributed by atoms with E-state index in [1.807, 2.05) is 0 Å². The van der Waals surface area contributed by atoms with Gasteiger partial charge in [0.2, 0.25) is 0 Å². The Bertz CT molecular complexity index is 314. The van der Waals surface area contributed by atoms with Crippen molar-refractivity contribution in [3.63, 3.8) is 0 Å². The summed E-state index contributed by atoms with van der Waals surface area (Å²) in [6.45, 7) is 0.945. The van der Waals surface area contributed by atoms with Crippen LogP contribution in [0.3, 0.4) is 0 Å². The average molecular weight is 204 g/mol. The normalized spacial score (nSPS) is 17.5. The fourth-order valence-corrected chi connectivity index (χ4v) is 2.36. The van der Waals surface area contributed by atoms with E-state index in [0.717, 1.165) is 12.5 Å². The summed E-state index contributed by atoms with van der Waals surface area (Å²) in [5.74, 6) is 0.729. The molecular weight excluding hydrogens is 184 g/mol. The average Bonchev–Trinajstić information content (AvgIpc) is 2.69. The third-order valence-electron chi connectivity index (χ3n) is 3.08. The van der Waals surface area contributed by atoms with Gasteiger partial charge in [-0.25, -0.2) is 0 Å². The monoisotopic (exact) mass is 204 g/mol. The van der Waals surface area contributed by atoms with Crippen molar-refractivity contribution in [2.75, 3.05) is 14.1 Å². The van der Waals surface area contributed by atoms with Gasteiger partial charge in [-0.15, -0.1) is 0 Å². The number of nitrogens with zero attached hydrogens (tertiary/aromatic N) is 2. The molecule has 15 heavy (non-hydrogen) atoms. The van der Waals surface area contributed by atoms with Crippen LogP contribution < -0.4 is 0 Å². The van der Waals surface area contributed by atoms with Crippen molar-refractivity contribution in [3.05, 3.63) is 29.6 Å². The zero-order valence-electron chi connectivity index (χ0n) is 9.74. The second-order valence-corrected chi connectivity index (χ2v) is 4.77. The molecule has 1 saturated carbocycles. The lowest BCUT2D eigenvalue weighted by Gasteiger charge is -2.12. The minimum atomic E-state index is 0.729. The maximum absolute atomic E-state index is 4.75. The largest absolute Gasteiger partial charge is 0.304 e. The molecule has 0 aromatic carbocycles. The third kappa shape index (κ3) is 2.78. The predicted octanol–water partition coefficient (Wildman–Crippen LogP) is 2.80. The van der Waals surface area contributed by atoms with Gasteiger partial charge in [0.15, 0.2) is 0 Å². The highest BCUT2D eigenvalue weighted by atomic mass is 15.1. The molecule has 0 N–H and O–H groups in total. The molecule has 0 amide bonds. The van der Waals surface area contributed by atoms with Crippen molar-refractivity contribution in [1.29, 1.82) is 0 Å². The first-order valence-corrected chi connectivity index (χ1v) is 5.86. The minimum Gasteiger partial charge on any atom is -0.304 e.